The number of nitrogens with one attached hydrogen (secondary N) is 1. The van der Waals surface area contributed by atoms with Crippen LogP contribution in [0.15, 0.2) is 12.1 Å². The van der Waals surface area contributed by atoms with E-state index < -0.39 is 5.60 Å². The summed E-state index contributed by atoms with van der Waals surface area (Å²) in [6.07, 6.45) is 0. The zero-order valence-corrected chi connectivity index (χ0v) is 11.1. The highest BCUT2D eigenvalue weighted by Crippen LogP contribution is 2.33. The summed E-state index contributed by atoms with van der Waals surface area (Å²) >= 11 is 0. The second kappa shape index (κ2) is 5.27. The molecule has 0 saturated carbocycles. The molecule has 0 aromatic heterocycles. The number of rotatable bonds is 5. The number of hydrogen-bond acceptors (Lipinski definition) is 4. The molecule has 0 aliphatic heterocycles. The highest BCUT2D eigenvalue weighted by atomic mass is 16.5. The molecule has 0 radical (unpaired) electrons. The fourth-order valence-corrected chi connectivity index (χ4v) is 1.53. The minimum atomic E-state index is -0.766. The van der Waals surface area contributed by atoms with Gasteiger partial charge < -0.3 is 19.9 Å². The van der Waals surface area contributed by atoms with Crippen molar-refractivity contribution in [2.24, 2.45) is 0 Å². The molecule has 0 amide bonds. The van der Waals surface area contributed by atoms with Crippen molar-refractivity contribution in [3.05, 3.63) is 17.7 Å². The largest absolute Gasteiger partial charge is 0.497 e. The zero-order chi connectivity index (χ0) is 13.1. The lowest BCUT2D eigenvalue weighted by Crippen LogP contribution is -2.29. The van der Waals surface area contributed by atoms with Gasteiger partial charge >= 0.3 is 0 Å². The molecule has 17 heavy (non-hydrogen) atoms. The van der Waals surface area contributed by atoms with E-state index >= 15 is 0 Å². The third-order valence-corrected chi connectivity index (χ3v) is 2.43. The molecule has 1 aromatic rings. The SMILES string of the molecule is COc1cc(C)c(NCC(C)(C)O)c(OC)c1. The van der Waals surface area contributed by atoms with E-state index in [-0.39, 0.29) is 0 Å². The van der Waals surface area contributed by atoms with Gasteiger partial charge in [0.2, 0.25) is 0 Å². The summed E-state index contributed by atoms with van der Waals surface area (Å²) in [6.45, 7) is 5.94. The molecule has 0 fully saturated rings. The fourth-order valence-electron chi connectivity index (χ4n) is 1.53. The van der Waals surface area contributed by atoms with Crippen LogP contribution in [0.1, 0.15) is 19.4 Å². The van der Waals surface area contributed by atoms with Crippen molar-refractivity contribution in [1.29, 1.82) is 0 Å². The van der Waals surface area contributed by atoms with Crippen molar-refractivity contribution < 1.29 is 14.6 Å². The predicted molar refractivity (Wildman–Crippen MR) is 69.1 cm³/mol. The van der Waals surface area contributed by atoms with Crippen molar-refractivity contribution in [2.45, 2.75) is 26.4 Å². The van der Waals surface area contributed by atoms with E-state index in [9.17, 15) is 5.11 Å². The lowest BCUT2D eigenvalue weighted by atomic mass is 10.1. The van der Waals surface area contributed by atoms with Crippen molar-refractivity contribution in [1.82, 2.24) is 0 Å². The molecule has 1 aromatic carbocycles. The van der Waals surface area contributed by atoms with Gasteiger partial charge in [0, 0.05) is 12.6 Å². The Bertz CT molecular complexity index is 383. The summed E-state index contributed by atoms with van der Waals surface area (Å²) in [4.78, 5) is 0. The second-order valence-corrected chi connectivity index (χ2v) is 4.69. The summed E-state index contributed by atoms with van der Waals surface area (Å²) in [5, 5.41) is 12.9. The maximum absolute atomic E-state index is 9.71. The molecular weight excluding hydrogens is 218 g/mol. The van der Waals surface area contributed by atoms with Gasteiger partial charge in [-0.2, -0.15) is 0 Å². The van der Waals surface area contributed by atoms with Crippen LogP contribution in [-0.4, -0.2) is 31.5 Å². The number of ether oxygens (including phenoxy) is 2. The molecule has 0 bridgehead atoms. The van der Waals surface area contributed by atoms with Gasteiger partial charge in [-0.25, -0.2) is 0 Å². The summed E-state index contributed by atoms with van der Waals surface area (Å²) in [5.74, 6) is 1.47. The molecule has 4 heteroatoms. The second-order valence-electron chi connectivity index (χ2n) is 4.69. The Morgan fingerprint density at radius 3 is 2.35 bits per heavy atom. The summed E-state index contributed by atoms with van der Waals surface area (Å²) in [7, 11) is 3.24. The van der Waals surface area contributed by atoms with Crippen molar-refractivity contribution >= 4 is 5.69 Å². The molecule has 0 atom stereocenters. The Morgan fingerprint density at radius 1 is 1.24 bits per heavy atom. The van der Waals surface area contributed by atoms with Crippen LogP contribution in [0.2, 0.25) is 0 Å². The average Bonchev–Trinajstić information content (AvgIpc) is 2.25. The summed E-state index contributed by atoms with van der Waals surface area (Å²) < 4.78 is 10.5. The first-order valence-electron chi connectivity index (χ1n) is 5.56. The molecule has 4 nitrogen and oxygen atoms in total. The Hall–Kier alpha value is -1.42. The van der Waals surface area contributed by atoms with E-state index in [0.29, 0.717) is 12.3 Å². The first-order valence-corrected chi connectivity index (χ1v) is 5.56. The number of benzene rings is 1. The predicted octanol–water partition coefficient (Wildman–Crippen LogP) is 2.20. The lowest BCUT2D eigenvalue weighted by Gasteiger charge is -2.21. The van der Waals surface area contributed by atoms with Crippen LogP contribution in [-0.2, 0) is 0 Å². The number of methoxy groups -OCH3 is 2. The smallest absolute Gasteiger partial charge is 0.145 e. The topological polar surface area (TPSA) is 50.7 Å². The van der Waals surface area contributed by atoms with Crippen molar-refractivity contribution in [3.8, 4) is 11.5 Å². The maximum Gasteiger partial charge on any atom is 0.145 e. The van der Waals surface area contributed by atoms with Crippen molar-refractivity contribution in [3.63, 3.8) is 0 Å². The lowest BCUT2D eigenvalue weighted by molar-refractivity contribution is 0.0944. The maximum atomic E-state index is 9.71. The van der Waals surface area contributed by atoms with Gasteiger partial charge in [-0.15, -0.1) is 0 Å². The molecule has 2 N–H and O–H groups in total. The fraction of sp³-hybridized carbons (Fsp3) is 0.538. The Balaban J connectivity index is 2.98. The van der Waals surface area contributed by atoms with E-state index in [1.54, 1.807) is 28.1 Å². The van der Waals surface area contributed by atoms with Gasteiger partial charge in [0.1, 0.15) is 11.5 Å². The highest BCUT2D eigenvalue weighted by molar-refractivity contribution is 5.64. The van der Waals surface area contributed by atoms with Crippen LogP contribution < -0.4 is 14.8 Å². The van der Waals surface area contributed by atoms with E-state index in [4.69, 9.17) is 9.47 Å². The van der Waals surface area contributed by atoms with Crippen LogP contribution in [0.5, 0.6) is 11.5 Å². The van der Waals surface area contributed by atoms with Gasteiger partial charge in [0.25, 0.3) is 0 Å². The number of anilines is 1. The van der Waals surface area contributed by atoms with Gasteiger partial charge in [-0.05, 0) is 32.4 Å². The Labute approximate surface area is 103 Å². The van der Waals surface area contributed by atoms with Crippen LogP contribution >= 0.6 is 0 Å². The van der Waals surface area contributed by atoms with E-state index in [0.717, 1.165) is 17.0 Å². The molecule has 0 unspecified atom stereocenters. The molecule has 0 aliphatic rings. The molecule has 0 heterocycles. The van der Waals surface area contributed by atoms with Gasteiger partial charge in [-0.3, -0.25) is 0 Å². The van der Waals surface area contributed by atoms with Gasteiger partial charge in [0.15, 0.2) is 0 Å². The monoisotopic (exact) mass is 239 g/mol. The Morgan fingerprint density at radius 2 is 1.88 bits per heavy atom. The van der Waals surface area contributed by atoms with Crippen LogP contribution in [0.3, 0.4) is 0 Å². The van der Waals surface area contributed by atoms with E-state index in [2.05, 4.69) is 5.32 Å². The molecule has 0 spiro atoms. The first-order chi connectivity index (χ1) is 7.87. The Kier molecular flexibility index (Phi) is 4.23. The first kappa shape index (κ1) is 13.6. The summed E-state index contributed by atoms with van der Waals surface area (Å²) in [5.41, 5.74) is 1.14. The third kappa shape index (κ3) is 3.82. The zero-order valence-electron chi connectivity index (χ0n) is 11.1. The van der Waals surface area contributed by atoms with E-state index in [1.807, 2.05) is 19.1 Å². The normalized spacial score (nSPS) is 11.2. The summed E-state index contributed by atoms with van der Waals surface area (Å²) in [6, 6.07) is 3.74. The van der Waals surface area contributed by atoms with Crippen molar-refractivity contribution in [2.75, 3.05) is 26.1 Å². The minimum Gasteiger partial charge on any atom is -0.497 e. The number of aryl methyl sites for hydroxylation is 1. The molecule has 1 rings (SSSR count). The number of aliphatic hydroxyl groups is 1. The average molecular weight is 239 g/mol. The van der Waals surface area contributed by atoms with Crippen LogP contribution in [0.25, 0.3) is 0 Å². The molecule has 0 saturated heterocycles. The van der Waals surface area contributed by atoms with Gasteiger partial charge in [-0.1, -0.05) is 0 Å². The third-order valence-electron chi connectivity index (χ3n) is 2.43. The van der Waals surface area contributed by atoms with Gasteiger partial charge in [0.05, 0.1) is 25.5 Å². The van der Waals surface area contributed by atoms with Crippen LogP contribution in [0, 0.1) is 6.92 Å². The molecule has 0 aliphatic carbocycles. The molecular formula is C13H21NO3. The van der Waals surface area contributed by atoms with Crippen LogP contribution in [0.4, 0.5) is 5.69 Å². The number of hydrogen-bond donors (Lipinski definition) is 2. The minimum absolute atomic E-state index is 0.455. The molecule has 96 valence electrons. The highest BCUT2D eigenvalue weighted by Gasteiger charge is 2.15. The standard InChI is InChI=1S/C13H21NO3/c1-9-6-10(16-4)7-11(17-5)12(9)14-8-13(2,3)15/h6-7,14-15H,8H2,1-5H3. The van der Waals surface area contributed by atoms with E-state index in [1.165, 1.54) is 0 Å². The quantitative estimate of drug-likeness (QED) is 0.827.